The van der Waals surface area contributed by atoms with E-state index in [0.29, 0.717) is 16.9 Å². The third kappa shape index (κ3) is 3.00. The van der Waals surface area contributed by atoms with E-state index in [2.05, 4.69) is 0 Å². The minimum absolute atomic E-state index is 0.157. The minimum atomic E-state index is -0.527. The second-order valence-corrected chi connectivity index (χ2v) is 5.61. The lowest BCUT2D eigenvalue weighted by Crippen LogP contribution is -1.97. The van der Waals surface area contributed by atoms with E-state index in [1.165, 1.54) is 30.6 Å². The second-order valence-electron chi connectivity index (χ2n) is 4.66. The molecule has 0 unspecified atom stereocenters. The number of nitro groups is 1. The predicted octanol–water partition coefficient (Wildman–Crippen LogP) is 3.65. The smallest absolute Gasteiger partial charge is 0.343 e. The molecule has 7 heteroatoms. The van der Waals surface area contributed by atoms with Gasteiger partial charge >= 0.3 is 11.7 Å². The van der Waals surface area contributed by atoms with Crippen molar-refractivity contribution < 1.29 is 19.2 Å². The van der Waals surface area contributed by atoms with Gasteiger partial charge in [-0.25, -0.2) is 4.79 Å². The fourth-order valence-electron chi connectivity index (χ4n) is 2.15. The Balaban J connectivity index is 1.97. The van der Waals surface area contributed by atoms with E-state index in [0.717, 1.165) is 4.88 Å². The van der Waals surface area contributed by atoms with Gasteiger partial charge in [0.15, 0.2) is 5.75 Å². The maximum atomic E-state index is 11.9. The Hall–Kier alpha value is -2.93. The lowest BCUT2D eigenvalue weighted by Gasteiger charge is -2.02. The number of hydrogen-bond donors (Lipinski definition) is 0. The van der Waals surface area contributed by atoms with Crippen molar-refractivity contribution in [1.82, 2.24) is 0 Å². The lowest BCUT2D eigenvalue weighted by atomic mass is 10.1. The summed E-state index contributed by atoms with van der Waals surface area (Å²) in [5, 5.41) is 12.9. The van der Waals surface area contributed by atoms with Crippen molar-refractivity contribution in [2.24, 2.45) is 0 Å². The van der Waals surface area contributed by atoms with E-state index in [-0.39, 0.29) is 11.4 Å². The molecule has 2 heterocycles. The van der Waals surface area contributed by atoms with Crippen molar-refractivity contribution in [2.75, 3.05) is 7.11 Å². The van der Waals surface area contributed by atoms with Crippen molar-refractivity contribution in [2.45, 2.75) is 0 Å². The first-order valence-corrected chi connectivity index (χ1v) is 7.48. The zero-order valence-electron chi connectivity index (χ0n) is 12.0. The highest BCUT2D eigenvalue weighted by Crippen LogP contribution is 2.32. The number of nitrogens with zero attached hydrogens (tertiary/aromatic N) is 1. The number of benzene rings is 1. The van der Waals surface area contributed by atoms with Crippen LogP contribution in [0.2, 0.25) is 0 Å². The maximum absolute atomic E-state index is 11.9. The summed E-state index contributed by atoms with van der Waals surface area (Å²) < 4.78 is 10.2. The van der Waals surface area contributed by atoms with Gasteiger partial charge in [0.05, 0.1) is 22.5 Å². The standard InChI is InChI=1S/C16H11NO5S/c1-21-13-5-4-10(8-12(13)17(19)20)7-11-9-14(22-16(11)18)15-3-2-6-23-15/h2-9H,1H3/b11-7+. The summed E-state index contributed by atoms with van der Waals surface area (Å²) in [5.41, 5.74) is 0.705. The SMILES string of the molecule is COc1ccc(/C=C2\C=C(c3cccs3)OC2=O)cc1[N+](=O)[O-]. The summed E-state index contributed by atoms with van der Waals surface area (Å²) in [6.07, 6.45) is 3.18. The summed E-state index contributed by atoms with van der Waals surface area (Å²) in [5.74, 6) is 0.173. The molecule has 1 aromatic carbocycles. The van der Waals surface area contributed by atoms with Gasteiger partial charge in [-0.05, 0) is 35.2 Å². The molecule has 0 atom stereocenters. The van der Waals surface area contributed by atoms with Crippen molar-refractivity contribution in [1.29, 1.82) is 0 Å². The molecule has 23 heavy (non-hydrogen) atoms. The monoisotopic (exact) mass is 329 g/mol. The fourth-order valence-corrected chi connectivity index (χ4v) is 2.83. The molecule has 3 rings (SSSR count). The molecule has 0 aliphatic carbocycles. The molecule has 0 N–H and O–H groups in total. The Morgan fingerprint density at radius 1 is 1.35 bits per heavy atom. The largest absolute Gasteiger partial charge is 0.490 e. The number of ether oxygens (including phenoxy) is 2. The van der Waals surface area contributed by atoms with Gasteiger partial charge < -0.3 is 9.47 Å². The molecular weight excluding hydrogens is 318 g/mol. The first-order chi connectivity index (χ1) is 11.1. The van der Waals surface area contributed by atoms with Gasteiger partial charge in [-0.15, -0.1) is 11.3 Å². The van der Waals surface area contributed by atoms with E-state index in [1.54, 1.807) is 18.2 Å². The number of hydrogen-bond acceptors (Lipinski definition) is 6. The summed E-state index contributed by atoms with van der Waals surface area (Å²) in [6.45, 7) is 0. The Bertz CT molecular complexity index is 836. The number of rotatable bonds is 4. The van der Waals surface area contributed by atoms with Crippen LogP contribution < -0.4 is 4.74 Å². The molecule has 0 saturated carbocycles. The highest BCUT2D eigenvalue weighted by atomic mass is 32.1. The molecule has 1 aliphatic heterocycles. The van der Waals surface area contributed by atoms with Crippen molar-refractivity contribution in [3.8, 4) is 5.75 Å². The molecule has 2 aromatic rings. The summed E-state index contributed by atoms with van der Waals surface area (Å²) in [4.78, 5) is 23.3. The molecule has 0 fully saturated rings. The zero-order valence-corrected chi connectivity index (χ0v) is 12.8. The van der Waals surface area contributed by atoms with Crippen LogP contribution in [-0.4, -0.2) is 18.0 Å². The van der Waals surface area contributed by atoms with Crippen LogP contribution in [0.1, 0.15) is 10.4 Å². The Morgan fingerprint density at radius 3 is 2.83 bits per heavy atom. The van der Waals surface area contributed by atoms with Gasteiger partial charge in [-0.3, -0.25) is 10.1 Å². The molecule has 1 aliphatic rings. The van der Waals surface area contributed by atoms with E-state index >= 15 is 0 Å². The van der Waals surface area contributed by atoms with Gasteiger partial charge in [0, 0.05) is 6.07 Å². The van der Waals surface area contributed by atoms with Crippen LogP contribution in [0.25, 0.3) is 11.8 Å². The number of carbonyl (C=O) groups is 1. The van der Waals surface area contributed by atoms with Gasteiger partial charge in [0.25, 0.3) is 0 Å². The fraction of sp³-hybridized carbons (Fsp3) is 0.0625. The van der Waals surface area contributed by atoms with Crippen LogP contribution in [0, 0.1) is 10.1 Å². The van der Waals surface area contributed by atoms with Crippen LogP contribution in [0.3, 0.4) is 0 Å². The van der Waals surface area contributed by atoms with Gasteiger partial charge in [-0.1, -0.05) is 12.1 Å². The normalized spacial score (nSPS) is 15.4. The van der Waals surface area contributed by atoms with Crippen molar-refractivity contribution in [3.63, 3.8) is 0 Å². The second kappa shape index (κ2) is 6.05. The van der Waals surface area contributed by atoms with Gasteiger partial charge in [-0.2, -0.15) is 0 Å². The first kappa shape index (κ1) is 15.0. The van der Waals surface area contributed by atoms with Crippen LogP contribution in [0.15, 0.2) is 47.4 Å². The quantitative estimate of drug-likeness (QED) is 0.370. The third-order valence-electron chi connectivity index (χ3n) is 3.21. The lowest BCUT2D eigenvalue weighted by molar-refractivity contribution is -0.385. The summed E-state index contributed by atoms with van der Waals surface area (Å²) >= 11 is 1.46. The Morgan fingerprint density at radius 2 is 2.17 bits per heavy atom. The first-order valence-electron chi connectivity index (χ1n) is 6.60. The highest BCUT2D eigenvalue weighted by Gasteiger charge is 2.23. The van der Waals surface area contributed by atoms with E-state index in [4.69, 9.17) is 9.47 Å². The Kier molecular flexibility index (Phi) is 3.94. The number of nitro benzene ring substituents is 1. The number of carbonyl (C=O) groups excluding carboxylic acids is 1. The highest BCUT2D eigenvalue weighted by molar-refractivity contribution is 7.11. The van der Waals surface area contributed by atoms with Crippen LogP contribution >= 0.6 is 11.3 Å². The summed E-state index contributed by atoms with van der Waals surface area (Å²) in [7, 11) is 1.37. The topological polar surface area (TPSA) is 78.7 Å². The van der Waals surface area contributed by atoms with E-state index in [1.807, 2.05) is 17.5 Å². The maximum Gasteiger partial charge on any atom is 0.343 e. The predicted molar refractivity (Wildman–Crippen MR) is 86.0 cm³/mol. The average Bonchev–Trinajstić information content (AvgIpc) is 3.17. The van der Waals surface area contributed by atoms with E-state index in [9.17, 15) is 14.9 Å². The number of cyclic esters (lactones) is 1. The zero-order chi connectivity index (χ0) is 16.4. The molecule has 0 saturated heterocycles. The van der Waals surface area contributed by atoms with Crippen molar-refractivity contribution in [3.05, 3.63) is 67.9 Å². The molecule has 1 aromatic heterocycles. The summed E-state index contributed by atoms with van der Waals surface area (Å²) in [6, 6.07) is 8.21. The molecule has 116 valence electrons. The third-order valence-corrected chi connectivity index (χ3v) is 4.10. The molecule has 6 nitrogen and oxygen atoms in total. The molecule has 0 bridgehead atoms. The number of esters is 1. The van der Waals surface area contributed by atoms with Gasteiger partial charge in [0.1, 0.15) is 5.76 Å². The molecule has 0 amide bonds. The van der Waals surface area contributed by atoms with Crippen molar-refractivity contribution >= 4 is 34.8 Å². The van der Waals surface area contributed by atoms with Gasteiger partial charge in [0.2, 0.25) is 0 Å². The minimum Gasteiger partial charge on any atom is -0.490 e. The molecule has 0 radical (unpaired) electrons. The molecule has 0 spiro atoms. The number of thiophene rings is 1. The number of methoxy groups -OCH3 is 1. The van der Waals surface area contributed by atoms with Crippen LogP contribution in [-0.2, 0) is 9.53 Å². The molecular formula is C16H11NO5S. The van der Waals surface area contributed by atoms with Crippen LogP contribution in [0.4, 0.5) is 5.69 Å². The van der Waals surface area contributed by atoms with Crippen LogP contribution in [0.5, 0.6) is 5.75 Å². The van der Waals surface area contributed by atoms with E-state index < -0.39 is 10.9 Å². The average molecular weight is 329 g/mol. The Labute approximate surface area is 135 Å².